The normalized spacial score (nSPS) is 20.8. The van der Waals surface area contributed by atoms with Crippen LogP contribution in [0.2, 0.25) is 0 Å². The first kappa shape index (κ1) is 18.1. The smallest absolute Gasteiger partial charge is 0.317 e. The van der Waals surface area contributed by atoms with Crippen LogP contribution in [0, 0.1) is 11.8 Å². The van der Waals surface area contributed by atoms with E-state index in [0.29, 0.717) is 19.5 Å². The zero-order valence-electron chi connectivity index (χ0n) is 14.5. The lowest BCUT2D eigenvalue weighted by Gasteiger charge is -2.34. The number of nitrogens with one attached hydrogen (secondary N) is 1. The molecule has 0 saturated carbocycles. The van der Waals surface area contributed by atoms with Gasteiger partial charge in [0.05, 0.1) is 12.0 Å². The van der Waals surface area contributed by atoms with Crippen LogP contribution in [0.25, 0.3) is 0 Å². The molecule has 0 bridgehead atoms. The van der Waals surface area contributed by atoms with E-state index in [1.807, 2.05) is 45.0 Å². The Morgan fingerprint density at radius 1 is 1.29 bits per heavy atom. The molecule has 2 N–H and O–H groups in total. The summed E-state index contributed by atoms with van der Waals surface area (Å²) < 4.78 is 5.58. The second-order valence-electron chi connectivity index (χ2n) is 6.75. The molecule has 1 aliphatic rings. The quantitative estimate of drug-likeness (QED) is 0.868. The van der Waals surface area contributed by atoms with E-state index in [1.54, 1.807) is 4.90 Å². The molecule has 0 aliphatic carbocycles. The highest BCUT2D eigenvalue weighted by atomic mass is 16.5. The lowest BCUT2D eigenvalue weighted by atomic mass is 9.91. The van der Waals surface area contributed by atoms with Gasteiger partial charge in [0.25, 0.3) is 0 Å². The molecular formula is C18H26N2O4. The monoisotopic (exact) mass is 334 g/mol. The highest BCUT2D eigenvalue weighted by Gasteiger charge is 2.31. The Bertz CT molecular complexity index is 571. The number of rotatable bonds is 5. The van der Waals surface area contributed by atoms with Gasteiger partial charge in [-0.15, -0.1) is 0 Å². The number of likely N-dealkylation sites (tertiary alicyclic amines) is 1. The first-order valence-electron chi connectivity index (χ1n) is 8.36. The van der Waals surface area contributed by atoms with Crippen molar-refractivity contribution in [2.75, 3.05) is 13.1 Å². The van der Waals surface area contributed by atoms with Gasteiger partial charge in [-0.1, -0.05) is 19.1 Å². The Morgan fingerprint density at radius 3 is 2.54 bits per heavy atom. The van der Waals surface area contributed by atoms with Gasteiger partial charge in [-0.05, 0) is 43.9 Å². The van der Waals surface area contributed by atoms with Gasteiger partial charge >= 0.3 is 12.0 Å². The van der Waals surface area contributed by atoms with Crippen molar-refractivity contribution in [2.45, 2.75) is 39.8 Å². The Balaban J connectivity index is 1.87. The van der Waals surface area contributed by atoms with E-state index >= 15 is 0 Å². The standard InChI is InChI=1S/C18H26N2O4/c1-12(2)24-16-6-4-14(5-7-16)9-19-18(23)20-10-13(3)8-15(11-20)17(21)22/h4-7,12-13,15H,8-11H2,1-3H3,(H,19,23)(H,21,22). The van der Waals surface area contributed by atoms with Crippen LogP contribution in [0.15, 0.2) is 24.3 Å². The molecule has 1 aromatic rings. The van der Waals surface area contributed by atoms with Crippen molar-refractivity contribution < 1.29 is 19.4 Å². The van der Waals surface area contributed by atoms with Gasteiger partial charge in [-0.25, -0.2) is 4.79 Å². The van der Waals surface area contributed by atoms with Gasteiger partial charge in [0.2, 0.25) is 0 Å². The van der Waals surface area contributed by atoms with E-state index in [9.17, 15) is 14.7 Å². The van der Waals surface area contributed by atoms with Gasteiger partial charge in [-0.3, -0.25) is 4.79 Å². The van der Waals surface area contributed by atoms with E-state index in [0.717, 1.165) is 11.3 Å². The maximum atomic E-state index is 12.3. The minimum atomic E-state index is -0.833. The molecule has 1 fully saturated rings. The van der Waals surface area contributed by atoms with Crippen LogP contribution < -0.4 is 10.1 Å². The molecule has 1 aromatic carbocycles. The summed E-state index contributed by atoms with van der Waals surface area (Å²) in [5.74, 6) is -0.320. The number of carboxylic acid groups (broad SMARTS) is 1. The number of nitrogens with zero attached hydrogens (tertiary/aromatic N) is 1. The summed E-state index contributed by atoms with van der Waals surface area (Å²) in [5, 5.41) is 12.0. The van der Waals surface area contributed by atoms with Crippen LogP contribution in [0.3, 0.4) is 0 Å². The molecule has 0 radical (unpaired) electrons. The molecule has 6 heteroatoms. The number of hydrogen-bond donors (Lipinski definition) is 2. The summed E-state index contributed by atoms with van der Waals surface area (Å²) in [6.07, 6.45) is 0.745. The fourth-order valence-electron chi connectivity index (χ4n) is 2.94. The average Bonchev–Trinajstić information content (AvgIpc) is 2.52. The number of carbonyl (C=O) groups excluding carboxylic acids is 1. The van der Waals surface area contributed by atoms with Crippen molar-refractivity contribution in [3.05, 3.63) is 29.8 Å². The van der Waals surface area contributed by atoms with Gasteiger partial charge in [-0.2, -0.15) is 0 Å². The van der Waals surface area contributed by atoms with Crippen molar-refractivity contribution in [1.82, 2.24) is 10.2 Å². The highest BCUT2D eigenvalue weighted by molar-refractivity contribution is 5.76. The molecule has 2 rings (SSSR count). The number of aliphatic carboxylic acids is 1. The van der Waals surface area contributed by atoms with Crippen molar-refractivity contribution in [1.29, 1.82) is 0 Å². The molecule has 1 saturated heterocycles. The Labute approximate surface area is 142 Å². The Morgan fingerprint density at radius 2 is 1.96 bits per heavy atom. The third-order valence-electron chi connectivity index (χ3n) is 4.04. The molecule has 2 atom stereocenters. The average molecular weight is 334 g/mol. The zero-order chi connectivity index (χ0) is 17.7. The molecular weight excluding hydrogens is 308 g/mol. The third-order valence-corrected chi connectivity index (χ3v) is 4.04. The third kappa shape index (κ3) is 5.15. The van der Waals surface area contributed by atoms with Crippen molar-refractivity contribution >= 4 is 12.0 Å². The Kier molecular flexibility index (Phi) is 6.06. The lowest BCUT2D eigenvalue weighted by Crippen LogP contribution is -2.49. The number of benzene rings is 1. The molecule has 132 valence electrons. The SMILES string of the molecule is CC1CC(C(=O)O)CN(C(=O)NCc2ccc(OC(C)C)cc2)C1. The number of amides is 2. The number of carbonyl (C=O) groups is 2. The summed E-state index contributed by atoms with van der Waals surface area (Å²) in [6.45, 7) is 7.19. The van der Waals surface area contributed by atoms with Crippen molar-refractivity contribution in [2.24, 2.45) is 11.8 Å². The molecule has 2 unspecified atom stereocenters. The van der Waals surface area contributed by atoms with Gasteiger partial charge < -0.3 is 20.1 Å². The zero-order valence-corrected chi connectivity index (χ0v) is 14.5. The second kappa shape index (κ2) is 8.04. The van der Waals surface area contributed by atoms with E-state index in [1.165, 1.54) is 0 Å². The fourth-order valence-corrected chi connectivity index (χ4v) is 2.94. The van der Waals surface area contributed by atoms with Gasteiger partial charge in [0, 0.05) is 19.6 Å². The van der Waals surface area contributed by atoms with Crippen LogP contribution in [-0.4, -0.2) is 41.2 Å². The number of piperidine rings is 1. The molecule has 1 aliphatic heterocycles. The van der Waals surface area contributed by atoms with Crippen LogP contribution in [-0.2, 0) is 11.3 Å². The molecule has 24 heavy (non-hydrogen) atoms. The summed E-state index contributed by atoms with van der Waals surface area (Å²) in [7, 11) is 0. The number of ether oxygens (including phenoxy) is 1. The predicted octanol–water partition coefficient (Wildman–Crippen LogP) is 2.73. The predicted molar refractivity (Wildman–Crippen MR) is 90.9 cm³/mol. The van der Waals surface area contributed by atoms with Crippen LogP contribution >= 0.6 is 0 Å². The fraction of sp³-hybridized carbons (Fsp3) is 0.556. The first-order valence-corrected chi connectivity index (χ1v) is 8.36. The molecule has 0 spiro atoms. The summed E-state index contributed by atoms with van der Waals surface area (Å²) >= 11 is 0. The van der Waals surface area contributed by atoms with Gasteiger partial charge in [0.1, 0.15) is 5.75 Å². The van der Waals surface area contributed by atoms with Crippen molar-refractivity contribution in [3.63, 3.8) is 0 Å². The topological polar surface area (TPSA) is 78.9 Å². The molecule has 2 amide bonds. The largest absolute Gasteiger partial charge is 0.491 e. The number of urea groups is 1. The summed E-state index contributed by atoms with van der Waals surface area (Å²) in [4.78, 5) is 25.1. The van der Waals surface area contributed by atoms with Crippen LogP contribution in [0.4, 0.5) is 4.79 Å². The van der Waals surface area contributed by atoms with E-state index < -0.39 is 11.9 Å². The van der Waals surface area contributed by atoms with E-state index in [-0.39, 0.29) is 24.6 Å². The maximum Gasteiger partial charge on any atom is 0.317 e. The second-order valence-corrected chi connectivity index (χ2v) is 6.75. The van der Waals surface area contributed by atoms with E-state index in [4.69, 9.17) is 4.74 Å². The van der Waals surface area contributed by atoms with E-state index in [2.05, 4.69) is 5.32 Å². The minimum absolute atomic E-state index is 0.124. The minimum Gasteiger partial charge on any atom is -0.491 e. The highest BCUT2D eigenvalue weighted by Crippen LogP contribution is 2.22. The summed E-state index contributed by atoms with van der Waals surface area (Å²) in [6, 6.07) is 7.37. The maximum absolute atomic E-state index is 12.3. The van der Waals surface area contributed by atoms with Crippen molar-refractivity contribution in [3.8, 4) is 5.75 Å². The first-order chi connectivity index (χ1) is 11.3. The molecule has 1 heterocycles. The van der Waals surface area contributed by atoms with Crippen LogP contribution in [0.5, 0.6) is 5.75 Å². The molecule has 0 aromatic heterocycles. The number of hydrogen-bond acceptors (Lipinski definition) is 3. The summed E-state index contributed by atoms with van der Waals surface area (Å²) in [5.41, 5.74) is 0.972. The molecule has 6 nitrogen and oxygen atoms in total. The number of carboxylic acids is 1. The van der Waals surface area contributed by atoms with Crippen LogP contribution in [0.1, 0.15) is 32.8 Å². The Hall–Kier alpha value is -2.24. The lowest BCUT2D eigenvalue weighted by molar-refractivity contribution is -0.143. The van der Waals surface area contributed by atoms with Gasteiger partial charge in [0.15, 0.2) is 0 Å².